The van der Waals surface area contributed by atoms with Gasteiger partial charge in [-0.05, 0) is 25.0 Å². The molecule has 2 aromatic heterocycles. The maximum atomic E-state index is 13.3. The van der Waals surface area contributed by atoms with Gasteiger partial charge in [-0.1, -0.05) is 48.5 Å². The monoisotopic (exact) mass is 443 g/mol. The number of aromatic nitrogens is 2. The molecule has 2 aromatic carbocycles. The zero-order valence-corrected chi connectivity index (χ0v) is 18.3. The normalized spacial score (nSPS) is 13.4. The lowest BCUT2D eigenvalue weighted by Gasteiger charge is -2.16. The number of hydrogen-bond acceptors (Lipinski definition) is 5. The number of carbonyl (C=O) groups is 2. The van der Waals surface area contributed by atoms with Crippen molar-refractivity contribution in [3.05, 3.63) is 83.1 Å². The molecule has 160 valence electrons. The molecule has 7 heteroatoms. The number of nitrogens with one attached hydrogen (secondary N) is 1. The van der Waals surface area contributed by atoms with Gasteiger partial charge in [0.1, 0.15) is 10.7 Å². The number of aromatic amines is 1. The molecule has 1 aliphatic heterocycles. The average Bonchev–Trinajstić information content (AvgIpc) is 3.40. The van der Waals surface area contributed by atoms with Crippen molar-refractivity contribution in [3.8, 4) is 10.6 Å². The molecule has 1 amide bonds. The van der Waals surface area contributed by atoms with E-state index in [2.05, 4.69) is 9.97 Å². The topological polar surface area (TPSA) is 75.3 Å². The quantitative estimate of drug-likeness (QED) is 0.456. The van der Waals surface area contributed by atoms with Crippen LogP contribution in [0.1, 0.15) is 28.7 Å². The third-order valence-corrected chi connectivity index (χ3v) is 6.36. The summed E-state index contributed by atoms with van der Waals surface area (Å²) in [6.07, 6.45) is 2.21. The molecule has 0 radical (unpaired) electrons. The second-order valence-corrected chi connectivity index (χ2v) is 8.30. The number of fused-ring (bicyclic) bond motifs is 3. The standard InChI is InChI=1S/C25H21N3O3S/c1-2-31-25(30)19-14-28(13-12-18-17-10-6-7-11-20(17)26-22(18)19)24(29)21-15-32-23(27-21)16-8-4-3-5-9-16/h3-11,14-15,26H,2,12-13H2,1H3. The van der Waals surface area contributed by atoms with Gasteiger partial charge in [-0.3, -0.25) is 4.79 Å². The number of carbonyl (C=O) groups excluding carboxylic acids is 2. The van der Waals surface area contributed by atoms with Crippen molar-refractivity contribution < 1.29 is 14.3 Å². The lowest BCUT2D eigenvalue weighted by atomic mass is 10.0. The Bertz CT molecular complexity index is 1340. The molecule has 1 aliphatic rings. The van der Waals surface area contributed by atoms with Gasteiger partial charge in [0.25, 0.3) is 5.91 Å². The van der Waals surface area contributed by atoms with Gasteiger partial charge in [0.15, 0.2) is 0 Å². The number of rotatable bonds is 4. The summed E-state index contributed by atoms with van der Waals surface area (Å²) in [6.45, 7) is 2.46. The molecular formula is C25H21N3O3S. The lowest BCUT2D eigenvalue weighted by molar-refractivity contribution is -0.136. The van der Waals surface area contributed by atoms with E-state index in [1.165, 1.54) is 11.3 Å². The van der Waals surface area contributed by atoms with E-state index < -0.39 is 5.97 Å². The highest BCUT2D eigenvalue weighted by atomic mass is 32.1. The molecule has 4 aromatic rings. The van der Waals surface area contributed by atoms with Crippen molar-refractivity contribution in [2.45, 2.75) is 13.3 Å². The van der Waals surface area contributed by atoms with E-state index in [1.54, 1.807) is 23.4 Å². The van der Waals surface area contributed by atoms with Crippen molar-refractivity contribution in [1.82, 2.24) is 14.9 Å². The largest absolute Gasteiger partial charge is 0.462 e. The number of H-pyrrole nitrogens is 1. The number of hydrogen-bond donors (Lipinski definition) is 1. The van der Waals surface area contributed by atoms with Gasteiger partial charge in [0, 0.05) is 34.6 Å². The highest BCUT2D eigenvalue weighted by Crippen LogP contribution is 2.32. The first kappa shape index (κ1) is 20.2. The van der Waals surface area contributed by atoms with Crippen LogP contribution >= 0.6 is 11.3 Å². The third kappa shape index (κ3) is 3.61. The van der Waals surface area contributed by atoms with Gasteiger partial charge in [-0.15, -0.1) is 11.3 Å². The van der Waals surface area contributed by atoms with Crippen LogP contribution in [0.2, 0.25) is 0 Å². The Labute approximate surface area is 189 Å². The summed E-state index contributed by atoms with van der Waals surface area (Å²) in [4.78, 5) is 35.6. The zero-order valence-electron chi connectivity index (χ0n) is 17.5. The van der Waals surface area contributed by atoms with E-state index in [4.69, 9.17) is 4.74 Å². The van der Waals surface area contributed by atoms with Gasteiger partial charge >= 0.3 is 5.97 Å². The van der Waals surface area contributed by atoms with Crippen LogP contribution in [-0.2, 0) is 16.0 Å². The molecule has 0 bridgehead atoms. The van der Waals surface area contributed by atoms with E-state index in [9.17, 15) is 9.59 Å². The van der Waals surface area contributed by atoms with Crippen LogP contribution in [-0.4, -0.2) is 39.9 Å². The van der Waals surface area contributed by atoms with Crippen LogP contribution in [0.15, 0.2) is 66.2 Å². The summed E-state index contributed by atoms with van der Waals surface area (Å²) >= 11 is 1.43. The first-order valence-corrected chi connectivity index (χ1v) is 11.3. The molecule has 0 spiro atoms. The number of esters is 1. The van der Waals surface area contributed by atoms with Gasteiger partial charge in [0.05, 0.1) is 17.9 Å². The van der Waals surface area contributed by atoms with Gasteiger partial charge < -0.3 is 14.6 Å². The fourth-order valence-corrected chi connectivity index (χ4v) is 4.76. The number of para-hydroxylation sites is 1. The van der Waals surface area contributed by atoms with Crippen LogP contribution in [0.5, 0.6) is 0 Å². The molecule has 1 N–H and O–H groups in total. The highest BCUT2D eigenvalue weighted by molar-refractivity contribution is 7.13. The Morgan fingerprint density at radius 2 is 1.91 bits per heavy atom. The van der Waals surface area contributed by atoms with Crippen LogP contribution in [0.4, 0.5) is 0 Å². The first-order valence-electron chi connectivity index (χ1n) is 10.5. The summed E-state index contributed by atoms with van der Waals surface area (Å²) < 4.78 is 5.31. The summed E-state index contributed by atoms with van der Waals surface area (Å²) in [7, 11) is 0. The second-order valence-electron chi connectivity index (χ2n) is 7.44. The van der Waals surface area contributed by atoms with Crippen molar-refractivity contribution in [3.63, 3.8) is 0 Å². The lowest BCUT2D eigenvalue weighted by Crippen LogP contribution is -2.28. The molecule has 0 atom stereocenters. The molecule has 0 saturated carbocycles. The Hall–Kier alpha value is -3.71. The molecular weight excluding hydrogens is 422 g/mol. The maximum Gasteiger partial charge on any atom is 0.341 e. The van der Waals surface area contributed by atoms with Gasteiger partial charge in [-0.2, -0.15) is 0 Å². The second kappa shape index (κ2) is 8.43. The Balaban J connectivity index is 1.52. The van der Waals surface area contributed by atoms with Crippen molar-refractivity contribution in [2.75, 3.05) is 13.2 Å². The average molecular weight is 444 g/mol. The van der Waals surface area contributed by atoms with Crippen LogP contribution in [0, 0.1) is 0 Å². The first-order chi connectivity index (χ1) is 15.7. The summed E-state index contributed by atoms with van der Waals surface area (Å²) in [5, 5.41) is 3.60. The van der Waals surface area contributed by atoms with E-state index in [0.717, 1.165) is 27.0 Å². The predicted molar refractivity (Wildman–Crippen MR) is 125 cm³/mol. The van der Waals surface area contributed by atoms with E-state index in [-0.39, 0.29) is 12.5 Å². The number of thiazole rings is 1. The molecule has 3 heterocycles. The number of benzene rings is 2. The number of ether oxygens (including phenoxy) is 1. The van der Waals surface area contributed by atoms with Crippen LogP contribution in [0.3, 0.4) is 0 Å². The van der Waals surface area contributed by atoms with E-state index >= 15 is 0 Å². The predicted octanol–water partition coefficient (Wildman–Crippen LogP) is 4.89. The summed E-state index contributed by atoms with van der Waals surface area (Å²) in [6, 6.07) is 17.7. The van der Waals surface area contributed by atoms with Crippen molar-refractivity contribution in [1.29, 1.82) is 0 Å². The fraction of sp³-hybridized carbons (Fsp3) is 0.160. The Morgan fingerprint density at radius 1 is 1.12 bits per heavy atom. The SMILES string of the molecule is CCOC(=O)C1=CN(C(=O)c2csc(-c3ccccc3)n2)CCc2c1[nH]c1ccccc21. The summed E-state index contributed by atoms with van der Waals surface area (Å²) in [5.74, 6) is -0.692. The molecule has 32 heavy (non-hydrogen) atoms. The van der Waals surface area contributed by atoms with Gasteiger partial charge in [-0.25, -0.2) is 9.78 Å². The van der Waals surface area contributed by atoms with Crippen LogP contribution < -0.4 is 0 Å². The molecule has 0 unspecified atom stereocenters. The molecule has 0 saturated heterocycles. The zero-order chi connectivity index (χ0) is 22.1. The van der Waals surface area contributed by atoms with E-state index in [1.807, 2.05) is 54.6 Å². The van der Waals surface area contributed by atoms with Crippen molar-refractivity contribution in [2.24, 2.45) is 0 Å². The summed E-state index contributed by atoms with van der Waals surface area (Å²) in [5.41, 5.74) is 4.36. The molecule has 5 rings (SSSR count). The molecule has 6 nitrogen and oxygen atoms in total. The minimum Gasteiger partial charge on any atom is -0.462 e. The smallest absolute Gasteiger partial charge is 0.341 e. The van der Waals surface area contributed by atoms with Gasteiger partial charge in [0.2, 0.25) is 0 Å². The molecule has 0 aliphatic carbocycles. The maximum absolute atomic E-state index is 13.3. The minimum absolute atomic E-state index is 0.236. The van der Waals surface area contributed by atoms with Crippen molar-refractivity contribution >= 4 is 39.7 Å². The molecule has 0 fully saturated rings. The third-order valence-electron chi connectivity index (χ3n) is 5.47. The number of nitrogens with zero attached hydrogens (tertiary/aromatic N) is 2. The van der Waals surface area contributed by atoms with Crippen LogP contribution in [0.25, 0.3) is 27.0 Å². The Kier molecular flexibility index (Phi) is 5.33. The fourth-order valence-electron chi connectivity index (χ4n) is 3.96. The Morgan fingerprint density at radius 3 is 2.72 bits per heavy atom. The highest BCUT2D eigenvalue weighted by Gasteiger charge is 2.28. The van der Waals surface area contributed by atoms with E-state index in [0.29, 0.717) is 29.9 Å². The minimum atomic E-state index is -0.455. The number of amides is 1.